The molecule has 2 heterocycles. The maximum absolute atomic E-state index is 12.6. The van der Waals surface area contributed by atoms with E-state index in [-0.39, 0.29) is 5.75 Å². The van der Waals surface area contributed by atoms with E-state index in [2.05, 4.69) is 30.6 Å². The van der Waals surface area contributed by atoms with Crippen LogP contribution < -0.4 is 15.4 Å². The van der Waals surface area contributed by atoms with E-state index in [0.717, 1.165) is 11.3 Å². The summed E-state index contributed by atoms with van der Waals surface area (Å²) in [6.45, 7) is 1.90. The predicted octanol–water partition coefficient (Wildman–Crippen LogP) is 6.62. The average molecular weight is 554 g/mol. The van der Waals surface area contributed by atoms with Gasteiger partial charge in [-0.1, -0.05) is 11.6 Å². The molecule has 2 amide bonds. The molecule has 0 saturated heterocycles. The van der Waals surface area contributed by atoms with E-state index >= 15 is 0 Å². The number of nitrogens with one attached hydrogen (secondary N) is 2. The number of carbonyl (C=O) groups excluding carboxylic acids is 1. The summed E-state index contributed by atoms with van der Waals surface area (Å²) in [6, 6.07) is 18.7. The molecule has 198 valence electrons. The Morgan fingerprint density at radius 1 is 0.974 bits per heavy atom. The lowest BCUT2D eigenvalue weighted by atomic mass is 10.2. The third-order valence-corrected chi connectivity index (χ3v) is 5.73. The van der Waals surface area contributed by atoms with Gasteiger partial charge in [-0.3, -0.25) is 5.32 Å². The second-order valence-corrected chi connectivity index (χ2v) is 8.71. The molecule has 0 unspecified atom stereocenters. The molecule has 5 rings (SSSR count). The van der Waals surface area contributed by atoms with E-state index in [0.29, 0.717) is 33.6 Å². The Morgan fingerprint density at radius 2 is 1.72 bits per heavy atom. The van der Waals surface area contributed by atoms with E-state index in [1.54, 1.807) is 47.3 Å². The van der Waals surface area contributed by atoms with Crippen molar-refractivity contribution in [3.8, 4) is 28.5 Å². The van der Waals surface area contributed by atoms with E-state index in [1.165, 1.54) is 35.3 Å². The lowest BCUT2D eigenvalue weighted by molar-refractivity contribution is -0.274. The van der Waals surface area contributed by atoms with Crippen molar-refractivity contribution < 1.29 is 22.7 Å². The molecule has 0 aliphatic carbocycles. The van der Waals surface area contributed by atoms with Gasteiger partial charge >= 0.3 is 12.4 Å². The Bertz CT molecular complexity index is 1610. The highest BCUT2D eigenvalue weighted by atomic mass is 35.5. The number of ether oxygens (including phenoxy) is 1. The molecule has 9 nitrogen and oxygen atoms in total. The molecule has 39 heavy (non-hydrogen) atoms. The maximum atomic E-state index is 12.6. The second-order valence-electron chi connectivity index (χ2n) is 8.27. The predicted molar refractivity (Wildman–Crippen MR) is 139 cm³/mol. The summed E-state index contributed by atoms with van der Waals surface area (Å²) < 4.78 is 44.0. The van der Waals surface area contributed by atoms with Crippen molar-refractivity contribution in [1.29, 1.82) is 0 Å². The second kappa shape index (κ2) is 10.5. The maximum Gasteiger partial charge on any atom is 0.573 e. The molecule has 3 aromatic carbocycles. The van der Waals surface area contributed by atoms with E-state index in [1.807, 2.05) is 19.1 Å². The third kappa shape index (κ3) is 6.18. The smallest absolute Gasteiger partial charge is 0.406 e. The number of rotatable bonds is 6. The van der Waals surface area contributed by atoms with Crippen molar-refractivity contribution in [3.63, 3.8) is 0 Å². The molecule has 0 fully saturated rings. The summed E-state index contributed by atoms with van der Waals surface area (Å²) >= 11 is 6.04. The van der Waals surface area contributed by atoms with E-state index in [9.17, 15) is 18.0 Å². The fraction of sp³-hybridized carbons (Fsp3) is 0.0769. The minimum Gasteiger partial charge on any atom is -0.406 e. The number of amides is 2. The molecule has 13 heteroatoms. The van der Waals surface area contributed by atoms with Crippen molar-refractivity contribution in [2.75, 3.05) is 10.6 Å². The van der Waals surface area contributed by atoms with Crippen LogP contribution in [0.3, 0.4) is 0 Å². The van der Waals surface area contributed by atoms with Crippen molar-refractivity contribution >= 4 is 29.1 Å². The van der Waals surface area contributed by atoms with Gasteiger partial charge in [0, 0.05) is 22.3 Å². The van der Waals surface area contributed by atoms with Crippen LogP contribution in [0.2, 0.25) is 5.02 Å². The van der Waals surface area contributed by atoms with Gasteiger partial charge in [0.15, 0.2) is 5.82 Å². The van der Waals surface area contributed by atoms with Gasteiger partial charge in [0.25, 0.3) is 0 Å². The third-order valence-electron chi connectivity index (χ3n) is 5.50. The minimum absolute atomic E-state index is 0.330. The van der Waals surface area contributed by atoms with Crippen molar-refractivity contribution in [2.45, 2.75) is 13.3 Å². The number of hydrogen-bond donors (Lipinski definition) is 2. The summed E-state index contributed by atoms with van der Waals surface area (Å²) in [5.74, 6) is 0.536. The number of aryl methyl sites for hydroxylation is 1. The Balaban J connectivity index is 1.23. The fourth-order valence-electron chi connectivity index (χ4n) is 3.75. The van der Waals surface area contributed by atoms with Crippen LogP contribution in [0.15, 0.2) is 85.3 Å². The van der Waals surface area contributed by atoms with Gasteiger partial charge in [-0.2, -0.15) is 5.10 Å². The number of hydrogen-bond acceptors (Lipinski definition) is 5. The van der Waals surface area contributed by atoms with Crippen LogP contribution in [0, 0.1) is 6.92 Å². The first-order chi connectivity index (χ1) is 18.6. The zero-order valence-corrected chi connectivity index (χ0v) is 20.9. The molecule has 5 aromatic rings. The number of halogens is 4. The summed E-state index contributed by atoms with van der Waals surface area (Å²) in [7, 11) is 0. The molecule has 2 N–H and O–H groups in total. The zero-order valence-electron chi connectivity index (χ0n) is 20.1. The molecule has 0 atom stereocenters. The lowest BCUT2D eigenvalue weighted by Crippen LogP contribution is -2.21. The molecule has 2 aromatic heterocycles. The highest BCUT2D eigenvalue weighted by Crippen LogP contribution is 2.25. The van der Waals surface area contributed by atoms with Crippen LogP contribution in [0.5, 0.6) is 5.75 Å². The van der Waals surface area contributed by atoms with Crippen molar-refractivity contribution in [2.24, 2.45) is 0 Å². The summed E-state index contributed by atoms with van der Waals surface area (Å²) in [5, 5.41) is 14.8. The van der Waals surface area contributed by atoms with Gasteiger partial charge in [-0.15, -0.1) is 18.3 Å². The van der Waals surface area contributed by atoms with Gasteiger partial charge < -0.3 is 10.1 Å². The number of benzene rings is 3. The number of nitrogens with zero attached hydrogens (tertiary/aromatic N) is 5. The summed E-state index contributed by atoms with van der Waals surface area (Å²) in [4.78, 5) is 16.9. The molecule has 0 spiro atoms. The zero-order chi connectivity index (χ0) is 27.6. The minimum atomic E-state index is -4.76. The highest BCUT2D eigenvalue weighted by Gasteiger charge is 2.31. The van der Waals surface area contributed by atoms with Crippen molar-refractivity contribution in [1.82, 2.24) is 24.5 Å². The normalized spacial score (nSPS) is 11.3. The highest BCUT2D eigenvalue weighted by molar-refractivity contribution is 6.30. The van der Waals surface area contributed by atoms with Crippen LogP contribution in [0.25, 0.3) is 22.8 Å². The average Bonchev–Trinajstić information content (AvgIpc) is 3.54. The Hall–Kier alpha value is -4.84. The topological polar surface area (TPSA) is 98.9 Å². The first-order valence-corrected chi connectivity index (χ1v) is 11.8. The molecule has 0 aliphatic rings. The van der Waals surface area contributed by atoms with Crippen molar-refractivity contribution in [3.05, 3.63) is 95.9 Å². The number of carbonyl (C=O) groups is 1. The fourth-order valence-corrected chi connectivity index (χ4v) is 3.97. The monoisotopic (exact) mass is 553 g/mol. The Kier molecular flexibility index (Phi) is 6.94. The number of anilines is 2. The quantitative estimate of drug-likeness (QED) is 0.246. The van der Waals surface area contributed by atoms with E-state index in [4.69, 9.17) is 11.6 Å². The van der Waals surface area contributed by atoms with Gasteiger partial charge in [-0.25, -0.2) is 19.1 Å². The number of urea groups is 1. The van der Waals surface area contributed by atoms with Gasteiger partial charge in [0.2, 0.25) is 0 Å². The standard InChI is InChI=1S/C26H19ClF3N7O2/c1-16-14-18(27)4-11-22(16)37-23(12-13-32-37)34-25(38)33-19-5-2-17(3-6-19)24-31-15-36(35-24)20-7-9-21(10-8-20)39-26(28,29)30/h2-15H,1H3,(H2,33,34,38). The Labute approximate surface area is 224 Å². The van der Waals surface area contributed by atoms with Gasteiger partial charge in [0.1, 0.15) is 17.9 Å². The lowest BCUT2D eigenvalue weighted by Gasteiger charge is -2.12. The van der Waals surface area contributed by atoms with Gasteiger partial charge in [-0.05, 0) is 79.2 Å². The largest absolute Gasteiger partial charge is 0.573 e. The Morgan fingerprint density at radius 3 is 2.41 bits per heavy atom. The molecule has 0 saturated carbocycles. The summed E-state index contributed by atoms with van der Waals surface area (Å²) in [6.07, 6.45) is -1.74. The SMILES string of the molecule is Cc1cc(Cl)ccc1-n1nccc1NC(=O)Nc1ccc(-c2ncn(-c3ccc(OC(F)(F)F)cc3)n2)cc1. The van der Waals surface area contributed by atoms with Crippen LogP contribution in [0.1, 0.15) is 5.56 Å². The molecule has 0 radical (unpaired) electrons. The number of aromatic nitrogens is 5. The van der Waals surface area contributed by atoms with Crippen LogP contribution in [0.4, 0.5) is 29.5 Å². The number of alkyl halides is 3. The molecular weight excluding hydrogens is 535 g/mol. The molecule has 0 bridgehead atoms. The summed E-state index contributed by atoms with van der Waals surface area (Å²) in [5.41, 5.74) is 3.39. The van der Waals surface area contributed by atoms with E-state index < -0.39 is 12.4 Å². The van der Waals surface area contributed by atoms with Gasteiger partial charge in [0.05, 0.1) is 17.6 Å². The molecular formula is C26H19ClF3N7O2. The first-order valence-electron chi connectivity index (χ1n) is 11.4. The van der Waals surface area contributed by atoms with Crippen LogP contribution in [-0.2, 0) is 0 Å². The molecule has 0 aliphatic heterocycles. The first kappa shape index (κ1) is 25.8. The van der Waals surface area contributed by atoms with Crippen LogP contribution >= 0.6 is 11.6 Å². The van der Waals surface area contributed by atoms with Crippen LogP contribution in [-0.4, -0.2) is 36.9 Å².